The van der Waals surface area contributed by atoms with E-state index < -0.39 is 0 Å². The van der Waals surface area contributed by atoms with E-state index >= 15 is 0 Å². The van der Waals surface area contributed by atoms with Gasteiger partial charge in [0.05, 0.1) is 19.3 Å². The summed E-state index contributed by atoms with van der Waals surface area (Å²) in [5, 5.41) is 4.37. The fourth-order valence-electron chi connectivity index (χ4n) is 1.31. The summed E-state index contributed by atoms with van der Waals surface area (Å²) in [6.07, 6.45) is 0. The Hall–Kier alpha value is 0.620. The number of hydrogen-bond acceptors (Lipinski definition) is 4. The molecule has 0 aromatic rings. The van der Waals surface area contributed by atoms with E-state index in [0.29, 0.717) is 6.04 Å². The lowest BCUT2D eigenvalue weighted by molar-refractivity contribution is -0.00459. The van der Waals surface area contributed by atoms with Crippen LogP contribution in [-0.2, 0) is 4.74 Å². The second-order valence-corrected chi connectivity index (χ2v) is 5.77. The van der Waals surface area contributed by atoms with Crippen LogP contribution in [-0.4, -0.2) is 48.3 Å². The summed E-state index contributed by atoms with van der Waals surface area (Å²) < 4.78 is 5.10. The molecule has 2 rings (SSSR count). The lowest BCUT2D eigenvalue weighted by atomic mass is 10.2. The van der Waals surface area contributed by atoms with E-state index in [1.165, 1.54) is 23.8 Å². The van der Waals surface area contributed by atoms with Gasteiger partial charge < -0.3 is 10.1 Å². The van der Waals surface area contributed by atoms with Crippen molar-refractivity contribution < 1.29 is 4.74 Å². The molecule has 4 heteroatoms. The molecule has 0 aromatic heterocycles. The molecule has 0 radical (unpaired) electrons. The Balaban J connectivity index is 1.58. The van der Waals surface area contributed by atoms with Crippen molar-refractivity contribution >= 4 is 23.5 Å². The molecular weight excluding hydrogens is 190 g/mol. The van der Waals surface area contributed by atoms with E-state index in [1.807, 2.05) is 0 Å². The van der Waals surface area contributed by atoms with Gasteiger partial charge in [-0.3, -0.25) is 0 Å². The molecule has 0 aliphatic carbocycles. The molecule has 12 heavy (non-hydrogen) atoms. The molecule has 2 saturated heterocycles. The van der Waals surface area contributed by atoms with Gasteiger partial charge in [0.1, 0.15) is 0 Å². The number of rotatable bonds is 3. The van der Waals surface area contributed by atoms with Crippen LogP contribution in [0, 0.1) is 0 Å². The summed E-state index contributed by atoms with van der Waals surface area (Å²) in [6, 6.07) is 0.650. The number of ether oxygens (including phenoxy) is 1. The predicted octanol–water partition coefficient (Wildman–Crippen LogP) is 0.823. The van der Waals surface area contributed by atoms with Gasteiger partial charge in [-0.05, 0) is 0 Å². The van der Waals surface area contributed by atoms with Gasteiger partial charge >= 0.3 is 0 Å². The van der Waals surface area contributed by atoms with Crippen LogP contribution >= 0.6 is 23.5 Å². The molecule has 2 nitrogen and oxygen atoms in total. The normalized spacial score (nSPS) is 31.5. The second kappa shape index (κ2) is 4.74. The van der Waals surface area contributed by atoms with Gasteiger partial charge in [0, 0.05) is 29.1 Å². The van der Waals surface area contributed by atoms with Crippen LogP contribution in [0.25, 0.3) is 0 Å². The first-order valence-corrected chi connectivity index (χ1v) is 6.66. The summed E-state index contributed by atoms with van der Waals surface area (Å²) in [6.45, 7) is 3.01. The van der Waals surface area contributed by atoms with E-state index in [4.69, 9.17) is 4.74 Å². The molecule has 2 fully saturated rings. The van der Waals surface area contributed by atoms with Gasteiger partial charge in [-0.2, -0.15) is 23.5 Å². The minimum Gasteiger partial charge on any atom is -0.378 e. The number of thioether (sulfide) groups is 2. The van der Waals surface area contributed by atoms with Crippen molar-refractivity contribution in [2.75, 3.05) is 37.0 Å². The molecule has 2 heterocycles. The lowest BCUT2D eigenvalue weighted by Gasteiger charge is -2.30. The SMILES string of the molecule is C1CSC(CNC2COC2)CS1. The highest BCUT2D eigenvalue weighted by Gasteiger charge is 2.20. The summed E-state index contributed by atoms with van der Waals surface area (Å²) in [5.41, 5.74) is 0. The molecule has 0 aromatic carbocycles. The summed E-state index contributed by atoms with van der Waals surface area (Å²) >= 11 is 4.20. The van der Waals surface area contributed by atoms with E-state index in [0.717, 1.165) is 18.5 Å². The van der Waals surface area contributed by atoms with Crippen molar-refractivity contribution in [1.82, 2.24) is 5.32 Å². The fourth-order valence-corrected chi connectivity index (χ4v) is 3.93. The third kappa shape index (κ3) is 2.55. The quantitative estimate of drug-likeness (QED) is 0.736. The average molecular weight is 205 g/mol. The Bertz CT molecular complexity index is 135. The minimum absolute atomic E-state index is 0.650. The smallest absolute Gasteiger partial charge is 0.0643 e. The van der Waals surface area contributed by atoms with Crippen LogP contribution < -0.4 is 5.32 Å². The maximum absolute atomic E-state index is 5.10. The summed E-state index contributed by atoms with van der Waals surface area (Å²) in [5.74, 6) is 4.00. The van der Waals surface area contributed by atoms with Crippen molar-refractivity contribution in [3.05, 3.63) is 0 Å². The average Bonchev–Trinajstić information content (AvgIpc) is 2.04. The largest absolute Gasteiger partial charge is 0.378 e. The fraction of sp³-hybridized carbons (Fsp3) is 1.00. The van der Waals surface area contributed by atoms with Gasteiger partial charge in [-0.15, -0.1) is 0 Å². The molecule has 0 spiro atoms. The molecular formula is C8H15NOS2. The zero-order chi connectivity index (χ0) is 8.23. The first-order chi connectivity index (χ1) is 5.95. The molecule has 2 aliphatic heterocycles. The molecule has 2 aliphatic rings. The maximum Gasteiger partial charge on any atom is 0.0643 e. The van der Waals surface area contributed by atoms with Crippen LogP contribution in [0.4, 0.5) is 0 Å². The van der Waals surface area contributed by atoms with Crippen LogP contribution in [0.3, 0.4) is 0 Å². The maximum atomic E-state index is 5.10. The van der Waals surface area contributed by atoms with Crippen LogP contribution in [0.1, 0.15) is 0 Å². The number of hydrogen-bond donors (Lipinski definition) is 1. The second-order valence-electron chi connectivity index (χ2n) is 3.21. The van der Waals surface area contributed by atoms with Crippen LogP contribution in [0.5, 0.6) is 0 Å². The van der Waals surface area contributed by atoms with Gasteiger partial charge in [-0.1, -0.05) is 0 Å². The van der Waals surface area contributed by atoms with Gasteiger partial charge in [0.2, 0.25) is 0 Å². The minimum atomic E-state index is 0.650. The first-order valence-electron chi connectivity index (χ1n) is 4.45. The third-order valence-electron chi connectivity index (χ3n) is 2.16. The predicted molar refractivity (Wildman–Crippen MR) is 56.2 cm³/mol. The Kier molecular flexibility index (Phi) is 3.63. The molecule has 0 saturated carbocycles. The van der Waals surface area contributed by atoms with Gasteiger partial charge in [0.25, 0.3) is 0 Å². The highest BCUT2D eigenvalue weighted by Crippen LogP contribution is 2.23. The highest BCUT2D eigenvalue weighted by molar-refractivity contribution is 8.06. The zero-order valence-corrected chi connectivity index (χ0v) is 8.76. The van der Waals surface area contributed by atoms with Gasteiger partial charge in [0.15, 0.2) is 0 Å². The lowest BCUT2D eigenvalue weighted by Crippen LogP contribution is -2.48. The van der Waals surface area contributed by atoms with E-state index in [1.54, 1.807) is 0 Å². The van der Waals surface area contributed by atoms with E-state index in [9.17, 15) is 0 Å². The summed E-state index contributed by atoms with van der Waals surface area (Å²) in [7, 11) is 0. The Morgan fingerprint density at radius 2 is 2.25 bits per heavy atom. The van der Waals surface area contributed by atoms with Crippen molar-refractivity contribution in [2.45, 2.75) is 11.3 Å². The topological polar surface area (TPSA) is 21.3 Å². The first kappa shape index (κ1) is 9.19. The van der Waals surface area contributed by atoms with Crippen molar-refractivity contribution in [1.29, 1.82) is 0 Å². The van der Waals surface area contributed by atoms with Crippen molar-refractivity contribution in [3.63, 3.8) is 0 Å². The van der Waals surface area contributed by atoms with E-state index in [-0.39, 0.29) is 0 Å². The highest BCUT2D eigenvalue weighted by atomic mass is 32.2. The molecule has 0 bridgehead atoms. The van der Waals surface area contributed by atoms with Crippen molar-refractivity contribution in [2.24, 2.45) is 0 Å². The van der Waals surface area contributed by atoms with Gasteiger partial charge in [-0.25, -0.2) is 0 Å². The van der Waals surface area contributed by atoms with Crippen LogP contribution in [0.15, 0.2) is 0 Å². The Morgan fingerprint density at radius 1 is 1.33 bits per heavy atom. The monoisotopic (exact) mass is 205 g/mol. The Labute approximate surface area is 82.2 Å². The third-order valence-corrected chi connectivity index (χ3v) is 5.00. The molecule has 1 atom stereocenters. The van der Waals surface area contributed by atoms with E-state index in [2.05, 4.69) is 28.8 Å². The standard InChI is InChI=1S/C8H15NOS2/c1-2-12-8(6-11-1)3-9-7-4-10-5-7/h7-9H,1-6H2. The van der Waals surface area contributed by atoms with Crippen LogP contribution in [0.2, 0.25) is 0 Å². The number of nitrogens with one attached hydrogen (secondary N) is 1. The summed E-state index contributed by atoms with van der Waals surface area (Å²) in [4.78, 5) is 0. The molecule has 1 unspecified atom stereocenters. The van der Waals surface area contributed by atoms with Crippen molar-refractivity contribution in [3.8, 4) is 0 Å². The Morgan fingerprint density at radius 3 is 2.83 bits per heavy atom. The molecule has 0 amide bonds. The molecule has 70 valence electrons. The molecule has 1 N–H and O–H groups in total. The zero-order valence-electron chi connectivity index (χ0n) is 7.12.